The Hall–Kier alpha value is -2.52. The Balaban J connectivity index is 1.60. The molecular weight excluding hydrogens is 360 g/mol. The second kappa shape index (κ2) is 7.61. The van der Waals surface area contributed by atoms with E-state index in [-0.39, 0.29) is 11.7 Å². The van der Waals surface area contributed by atoms with Crippen LogP contribution in [0.25, 0.3) is 0 Å². The predicted octanol–water partition coefficient (Wildman–Crippen LogP) is 5.33. The lowest BCUT2D eigenvalue weighted by atomic mass is 9.87. The quantitative estimate of drug-likeness (QED) is 0.629. The largest absolute Gasteiger partial charge is 0.507 e. The van der Waals surface area contributed by atoms with Crippen molar-refractivity contribution in [1.82, 2.24) is 0 Å². The van der Waals surface area contributed by atoms with E-state index in [9.17, 15) is 9.90 Å². The number of hydrogen-bond donors (Lipinski definition) is 1. The molecule has 0 amide bonds. The number of aryl methyl sites for hydroxylation is 2. The van der Waals surface area contributed by atoms with Crippen LogP contribution in [0.3, 0.4) is 0 Å². The van der Waals surface area contributed by atoms with Crippen molar-refractivity contribution in [3.05, 3.63) is 98.6 Å². The summed E-state index contributed by atoms with van der Waals surface area (Å²) in [5.74, 6) is 0.825. The van der Waals surface area contributed by atoms with E-state index >= 15 is 0 Å². The lowest BCUT2D eigenvalue weighted by Gasteiger charge is -2.17. The highest BCUT2D eigenvalue weighted by molar-refractivity contribution is 6.30. The lowest BCUT2D eigenvalue weighted by Crippen LogP contribution is -2.16. The van der Waals surface area contributed by atoms with Gasteiger partial charge >= 0.3 is 5.63 Å². The first-order valence-corrected chi connectivity index (χ1v) is 9.65. The van der Waals surface area contributed by atoms with Gasteiger partial charge in [-0.1, -0.05) is 54.1 Å². The molecule has 1 aliphatic rings. The highest BCUT2D eigenvalue weighted by Crippen LogP contribution is 2.47. The number of rotatable bonds is 6. The molecule has 4 heteroatoms. The smallest absolute Gasteiger partial charge is 0.343 e. The van der Waals surface area contributed by atoms with Crippen LogP contribution in [0.5, 0.6) is 5.75 Å². The van der Waals surface area contributed by atoms with Crippen LogP contribution >= 0.6 is 11.6 Å². The van der Waals surface area contributed by atoms with Crippen molar-refractivity contribution in [2.24, 2.45) is 5.92 Å². The van der Waals surface area contributed by atoms with Crippen LogP contribution in [0.4, 0.5) is 0 Å². The van der Waals surface area contributed by atoms with Crippen LogP contribution in [-0.2, 0) is 12.8 Å². The zero-order valence-corrected chi connectivity index (χ0v) is 15.7. The van der Waals surface area contributed by atoms with Gasteiger partial charge in [-0.15, -0.1) is 0 Å². The van der Waals surface area contributed by atoms with E-state index in [2.05, 4.69) is 0 Å². The maximum Gasteiger partial charge on any atom is 0.343 e. The van der Waals surface area contributed by atoms with Crippen LogP contribution in [0.15, 0.2) is 69.9 Å². The van der Waals surface area contributed by atoms with E-state index in [1.807, 2.05) is 54.6 Å². The van der Waals surface area contributed by atoms with E-state index < -0.39 is 5.63 Å². The Morgan fingerprint density at radius 2 is 1.74 bits per heavy atom. The topological polar surface area (TPSA) is 50.4 Å². The summed E-state index contributed by atoms with van der Waals surface area (Å²) in [4.78, 5) is 12.7. The molecule has 0 saturated heterocycles. The minimum Gasteiger partial charge on any atom is -0.507 e. The van der Waals surface area contributed by atoms with Crippen LogP contribution in [0.2, 0.25) is 5.02 Å². The highest BCUT2D eigenvalue weighted by Gasteiger charge is 2.37. The molecule has 0 bridgehead atoms. The van der Waals surface area contributed by atoms with Gasteiger partial charge in [0.2, 0.25) is 0 Å². The maximum atomic E-state index is 12.7. The van der Waals surface area contributed by atoms with Gasteiger partial charge in [0, 0.05) is 23.4 Å². The van der Waals surface area contributed by atoms with Gasteiger partial charge in [0.05, 0.1) is 5.56 Å². The summed E-state index contributed by atoms with van der Waals surface area (Å²) < 4.78 is 5.57. The second-order valence-electron chi connectivity index (χ2n) is 7.15. The summed E-state index contributed by atoms with van der Waals surface area (Å²) in [6.45, 7) is 0. The van der Waals surface area contributed by atoms with E-state index in [1.165, 1.54) is 0 Å². The fourth-order valence-corrected chi connectivity index (χ4v) is 3.76. The third kappa shape index (κ3) is 4.09. The van der Waals surface area contributed by atoms with E-state index in [1.54, 1.807) is 6.07 Å². The summed E-state index contributed by atoms with van der Waals surface area (Å²) in [7, 11) is 0. The first kappa shape index (κ1) is 17.9. The molecule has 3 nitrogen and oxygen atoms in total. The van der Waals surface area contributed by atoms with Gasteiger partial charge in [-0.2, -0.15) is 0 Å². The molecule has 2 aromatic carbocycles. The van der Waals surface area contributed by atoms with Gasteiger partial charge in [0.25, 0.3) is 0 Å². The molecule has 3 aromatic rings. The van der Waals surface area contributed by atoms with Crippen LogP contribution in [0.1, 0.15) is 41.2 Å². The first-order chi connectivity index (χ1) is 13.1. The Bertz CT molecular complexity index is 973. The summed E-state index contributed by atoms with van der Waals surface area (Å²) in [5.41, 5.74) is 2.11. The number of hydrogen-bond acceptors (Lipinski definition) is 3. The SMILES string of the molecule is O=c1oc(CCc2ccc(Cl)cc2)cc(O)c1C(c1ccccc1)C1CC1. The third-order valence-electron chi connectivity index (χ3n) is 5.15. The molecule has 1 saturated carbocycles. The fraction of sp³-hybridized carbons (Fsp3) is 0.261. The normalized spacial score (nSPS) is 14.9. The molecule has 0 radical (unpaired) electrons. The molecule has 0 aliphatic heterocycles. The predicted molar refractivity (Wildman–Crippen MR) is 107 cm³/mol. The zero-order chi connectivity index (χ0) is 18.8. The molecule has 1 unspecified atom stereocenters. The highest BCUT2D eigenvalue weighted by atomic mass is 35.5. The van der Waals surface area contributed by atoms with Crippen molar-refractivity contribution in [3.63, 3.8) is 0 Å². The molecule has 1 heterocycles. The zero-order valence-electron chi connectivity index (χ0n) is 14.9. The summed E-state index contributed by atoms with van der Waals surface area (Å²) >= 11 is 5.91. The minimum atomic E-state index is -0.429. The molecule has 1 aliphatic carbocycles. The lowest BCUT2D eigenvalue weighted by molar-refractivity contribution is 0.404. The van der Waals surface area contributed by atoms with Gasteiger partial charge in [-0.3, -0.25) is 0 Å². The number of halogens is 1. The van der Waals surface area contributed by atoms with Crippen LogP contribution in [0, 0.1) is 5.92 Å². The molecule has 0 spiro atoms. The average Bonchev–Trinajstić information content (AvgIpc) is 3.50. The average molecular weight is 381 g/mol. The standard InChI is InChI=1S/C23H21ClO3/c24-18-11-6-15(7-12-18)8-13-19-14-20(25)22(23(26)27-19)21(17-9-10-17)16-4-2-1-3-5-16/h1-7,11-12,14,17,21,25H,8-10,13H2. The van der Waals surface area contributed by atoms with Gasteiger partial charge < -0.3 is 9.52 Å². The molecular formula is C23H21ClO3. The van der Waals surface area contributed by atoms with Crippen molar-refractivity contribution in [2.75, 3.05) is 0 Å². The number of aromatic hydroxyl groups is 1. The first-order valence-electron chi connectivity index (χ1n) is 9.27. The van der Waals surface area contributed by atoms with Crippen molar-refractivity contribution in [2.45, 2.75) is 31.6 Å². The van der Waals surface area contributed by atoms with Crippen molar-refractivity contribution < 1.29 is 9.52 Å². The molecule has 1 N–H and O–H groups in total. The Kier molecular flexibility index (Phi) is 5.04. The Morgan fingerprint density at radius 3 is 2.37 bits per heavy atom. The van der Waals surface area contributed by atoms with Crippen LogP contribution < -0.4 is 5.63 Å². The molecule has 1 fully saturated rings. The van der Waals surface area contributed by atoms with E-state index in [0.717, 1.165) is 24.0 Å². The van der Waals surface area contributed by atoms with Gasteiger partial charge in [0.1, 0.15) is 11.5 Å². The van der Waals surface area contributed by atoms with Gasteiger partial charge in [-0.05, 0) is 48.4 Å². The minimum absolute atomic E-state index is 0.0399. The number of benzene rings is 2. The molecule has 1 aromatic heterocycles. The summed E-state index contributed by atoms with van der Waals surface area (Å²) in [6.07, 6.45) is 3.39. The van der Waals surface area contributed by atoms with E-state index in [4.69, 9.17) is 16.0 Å². The Morgan fingerprint density at radius 1 is 1.04 bits per heavy atom. The third-order valence-corrected chi connectivity index (χ3v) is 5.41. The van der Waals surface area contributed by atoms with Crippen LogP contribution in [-0.4, -0.2) is 5.11 Å². The second-order valence-corrected chi connectivity index (χ2v) is 7.59. The Labute approximate surface area is 163 Å². The van der Waals surface area contributed by atoms with Crippen molar-refractivity contribution in [3.8, 4) is 5.75 Å². The van der Waals surface area contributed by atoms with Crippen molar-refractivity contribution >= 4 is 11.6 Å². The molecule has 4 rings (SSSR count). The molecule has 1 atom stereocenters. The van der Waals surface area contributed by atoms with Crippen molar-refractivity contribution in [1.29, 1.82) is 0 Å². The maximum absolute atomic E-state index is 12.7. The summed E-state index contributed by atoms with van der Waals surface area (Å²) in [6, 6.07) is 19.1. The van der Waals surface area contributed by atoms with Gasteiger partial charge in [-0.25, -0.2) is 4.79 Å². The molecule has 138 valence electrons. The molecule has 27 heavy (non-hydrogen) atoms. The summed E-state index contributed by atoms with van der Waals surface area (Å²) in [5, 5.41) is 11.3. The van der Waals surface area contributed by atoms with Gasteiger partial charge in [0.15, 0.2) is 0 Å². The van der Waals surface area contributed by atoms with E-state index in [0.29, 0.717) is 35.1 Å². The monoisotopic (exact) mass is 380 g/mol. The fourth-order valence-electron chi connectivity index (χ4n) is 3.63.